The van der Waals surface area contributed by atoms with Gasteiger partial charge in [0.2, 0.25) is 10.0 Å². The van der Waals surface area contributed by atoms with Gasteiger partial charge in [-0.2, -0.15) is 4.31 Å². The molecule has 1 amide bonds. The lowest BCUT2D eigenvalue weighted by Crippen LogP contribution is -2.40. The molecular weight excluding hydrogens is 464 g/mol. The number of carbonyl (C=O) groups is 1. The zero-order valence-electron chi connectivity index (χ0n) is 18.7. The molecule has 180 valence electrons. The summed E-state index contributed by atoms with van der Waals surface area (Å²) in [5.74, 6) is -0.295. The molecule has 3 aromatic rings. The number of nitrogens with one attached hydrogen (secondary N) is 2. The summed E-state index contributed by atoms with van der Waals surface area (Å²) in [5, 5.41) is 2.94. The van der Waals surface area contributed by atoms with E-state index in [1.54, 1.807) is 6.92 Å². The summed E-state index contributed by atoms with van der Waals surface area (Å²) >= 11 is 0. The maximum Gasteiger partial charge on any atom is 0.328 e. The number of carbonyl (C=O) groups excluding carboxylic acids is 1. The average molecular weight is 489 g/mol. The molecule has 0 radical (unpaired) electrons. The highest BCUT2D eigenvalue weighted by Gasteiger charge is 2.27. The molecule has 1 aliphatic rings. The Morgan fingerprint density at radius 3 is 2.56 bits per heavy atom. The van der Waals surface area contributed by atoms with Crippen LogP contribution in [0.15, 0.2) is 50.9 Å². The predicted molar refractivity (Wildman–Crippen MR) is 125 cm³/mol. The van der Waals surface area contributed by atoms with Gasteiger partial charge in [-0.3, -0.25) is 14.2 Å². The molecule has 11 nitrogen and oxygen atoms in total. The van der Waals surface area contributed by atoms with E-state index in [1.807, 2.05) is 0 Å². The van der Waals surface area contributed by atoms with E-state index in [0.717, 1.165) is 4.57 Å². The van der Waals surface area contributed by atoms with Crippen molar-refractivity contribution in [2.24, 2.45) is 0 Å². The van der Waals surface area contributed by atoms with Crippen LogP contribution in [0, 0.1) is 0 Å². The standard InChI is InChI=1S/C22H24N4O7S/c1-3-26-21(28)16-6-4-14(12-17(16)24-22(26)29)20(27)23-18-13-15(5-7-19(18)32-2)34(30,31)25-8-10-33-11-9-25/h4-7,12-13H,3,8-11H2,1-2H3,(H,23,27)(H,24,29). The second kappa shape index (κ2) is 9.41. The summed E-state index contributed by atoms with van der Waals surface area (Å²) in [6.07, 6.45) is 0. The Hall–Kier alpha value is -3.48. The number of morpholine rings is 1. The Labute approximate surface area is 195 Å². The van der Waals surface area contributed by atoms with Gasteiger partial charge < -0.3 is 19.8 Å². The molecule has 0 atom stereocenters. The number of ether oxygens (including phenoxy) is 2. The highest BCUT2D eigenvalue weighted by Crippen LogP contribution is 2.30. The van der Waals surface area contributed by atoms with Crippen LogP contribution in [-0.2, 0) is 21.3 Å². The maximum absolute atomic E-state index is 13.0. The topological polar surface area (TPSA) is 140 Å². The first-order valence-corrected chi connectivity index (χ1v) is 12.0. The normalized spacial score (nSPS) is 14.8. The first-order valence-electron chi connectivity index (χ1n) is 10.6. The van der Waals surface area contributed by atoms with Crippen LogP contribution < -0.4 is 21.3 Å². The van der Waals surface area contributed by atoms with Crippen molar-refractivity contribution in [3.63, 3.8) is 0 Å². The first-order chi connectivity index (χ1) is 16.3. The lowest BCUT2D eigenvalue weighted by molar-refractivity contribution is 0.0730. The predicted octanol–water partition coefficient (Wildman–Crippen LogP) is 0.992. The van der Waals surface area contributed by atoms with Crippen molar-refractivity contribution in [1.82, 2.24) is 13.9 Å². The van der Waals surface area contributed by atoms with Crippen LogP contribution in [-0.4, -0.2) is 61.6 Å². The lowest BCUT2D eigenvalue weighted by atomic mass is 10.1. The Bertz CT molecular complexity index is 1470. The molecule has 0 spiro atoms. The fourth-order valence-electron chi connectivity index (χ4n) is 3.76. The monoisotopic (exact) mass is 488 g/mol. The molecule has 4 rings (SSSR count). The molecule has 0 saturated carbocycles. The molecule has 2 N–H and O–H groups in total. The van der Waals surface area contributed by atoms with E-state index in [-0.39, 0.29) is 52.4 Å². The number of hydrogen-bond acceptors (Lipinski definition) is 7. The number of hydrogen-bond donors (Lipinski definition) is 2. The van der Waals surface area contributed by atoms with Crippen molar-refractivity contribution >= 4 is 32.5 Å². The Balaban J connectivity index is 1.67. The molecule has 12 heteroatoms. The van der Waals surface area contributed by atoms with E-state index in [9.17, 15) is 22.8 Å². The van der Waals surface area contributed by atoms with Crippen molar-refractivity contribution in [1.29, 1.82) is 0 Å². The van der Waals surface area contributed by atoms with Crippen molar-refractivity contribution in [3.05, 3.63) is 62.8 Å². The molecule has 1 aliphatic heterocycles. The van der Waals surface area contributed by atoms with Crippen LogP contribution in [0.3, 0.4) is 0 Å². The molecule has 1 aromatic heterocycles. The minimum Gasteiger partial charge on any atom is -0.495 e. The second-order valence-electron chi connectivity index (χ2n) is 7.57. The van der Waals surface area contributed by atoms with Crippen LogP contribution in [0.1, 0.15) is 17.3 Å². The smallest absolute Gasteiger partial charge is 0.328 e. The molecule has 1 saturated heterocycles. The van der Waals surface area contributed by atoms with Crippen LogP contribution in [0.2, 0.25) is 0 Å². The number of benzene rings is 2. The maximum atomic E-state index is 13.0. The minimum atomic E-state index is -3.79. The number of aromatic nitrogens is 2. The number of H-pyrrole nitrogens is 1. The molecule has 2 heterocycles. The van der Waals surface area contributed by atoms with E-state index < -0.39 is 27.2 Å². The quantitative estimate of drug-likeness (QED) is 0.527. The van der Waals surface area contributed by atoms with Gasteiger partial charge in [-0.05, 0) is 43.3 Å². The van der Waals surface area contributed by atoms with Crippen LogP contribution in [0.4, 0.5) is 5.69 Å². The second-order valence-corrected chi connectivity index (χ2v) is 9.51. The number of methoxy groups -OCH3 is 1. The molecule has 0 aliphatic carbocycles. The van der Waals surface area contributed by atoms with Gasteiger partial charge in [0.15, 0.2) is 0 Å². The van der Waals surface area contributed by atoms with E-state index in [2.05, 4.69) is 10.3 Å². The number of fused-ring (bicyclic) bond motifs is 1. The van der Waals surface area contributed by atoms with Gasteiger partial charge in [-0.15, -0.1) is 0 Å². The third kappa shape index (κ3) is 4.34. The summed E-state index contributed by atoms with van der Waals surface area (Å²) in [4.78, 5) is 40.2. The number of nitrogens with zero attached hydrogens (tertiary/aromatic N) is 2. The van der Waals surface area contributed by atoms with E-state index in [4.69, 9.17) is 9.47 Å². The van der Waals surface area contributed by atoms with E-state index >= 15 is 0 Å². The van der Waals surface area contributed by atoms with Crippen molar-refractivity contribution in [3.8, 4) is 5.75 Å². The van der Waals surface area contributed by atoms with Crippen LogP contribution in [0.25, 0.3) is 10.9 Å². The zero-order chi connectivity index (χ0) is 24.5. The summed E-state index contributed by atoms with van der Waals surface area (Å²) in [7, 11) is -2.38. The highest BCUT2D eigenvalue weighted by molar-refractivity contribution is 7.89. The van der Waals surface area contributed by atoms with Crippen molar-refractivity contribution < 1.29 is 22.7 Å². The number of aromatic amines is 1. The van der Waals surface area contributed by atoms with Crippen molar-refractivity contribution in [2.45, 2.75) is 18.4 Å². The minimum absolute atomic E-state index is 0.00783. The summed E-state index contributed by atoms with van der Waals surface area (Å²) in [6, 6.07) is 8.54. The van der Waals surface area contributed by atoms with Gasteiger partial charge in [0.25, 0.3) is 11.5 Å². The summed E-state index contributed by atoms with van der Waals surface area (Å²) < 4.78 is 38.9. The number of amides is 1. The summed E-state index contributed by atoms with van der Waals surface area (Å²) in [5.41, 5.74) is -0.462. The van der Waals surface area contributed by atoms with E-state index in [1.165, 1.54) is 47.8 Å². The first kappa shape index (κ1) is 23.7. The third-order valence-electron chi connectivity index (χ3n) is 5.59. The van der Waals surface area contributed by atoms with Gasteiger partial charge >= 0.3 is 5.69 Å². The number of sulfonamides is 1. The fourth-order valence-corrected chi connectivity index (χ4v) is 5.19. The van der Waals surface area contributed by atoms with Crippen molar-refractivity contribution in [2.75, 3.05) is 38.7 Å². The third-order valence-corrected chi connectivity index (χ3v) is 7.48. The lowest BCUT2D eigenvalue weighted by Gasteiger charge is -2.26. The molecule has 0 unspecified atom stereocenters. The Morgan fingerprint density at radius 1 is 1.15 bits per heavy atom. The molecular formula is C22H24N4O7S. The van der Waals surface area contributed by atoms with Gasteiger partial charge in [-0.1, -0.05) is 0 Å². The van der Waals surface area contributed by atoms with Gasteiger partial charge in [0.05, 0.1) is 41.8 Å². The van der Waals surface area contributed by atoms with Gasteiger partial charge in [0, 0.05) is 25.2 Å². The van der Waals surface area contributed by atoms with Crippen LogP contribution in [0.5, 0.6) is 5.75 Å². The highest BCUT2D eigenvalue weighted by atomic mass is 32.2. The molecule has 1 fully saturated rings. The van der Waals surface area contributed by atoms with Crippen LogP contribution >= 0.6 is 0 Å². The summed E-state index contributed by atoms with van der Waals surface area (Å²) in [6.45, 7) is 3.01. The Morgan fingerprint density at radius 2 is 1.88 bits per heavy atom. The number of rotatable bonds is 6. The largest absolute Gasteiger partial charge is 0.495 e. The van der Waals surface area contributed by atoms with E-state index in [0.29, 0.717) is 13.2 Å². The van der Waals surface area contributed by atoms with Gasteiger partial charge in [-0.25, -0.2) is 13.2 Å². The molecule has 2 aromatic carbocycles. The van der Waals surface area contributed by atoms with Gasteiger partial charge in [0.1, 0.15) is 5.75 Å². The molecule has 34 heavy (non-hydrogen) atoms. The fraction of sp³-hybridized carbons (Fsp3) is 0.318. The number of anilines is 1. The Kier molecular flexibility index (Phi) is 6.55. The zero-order valence-corrected chi connectivity index (χ0v) is 19.5. The average Bonchev–Trinajstić information content (AvgIpc) is 2.84. The molecule has 0 bridgehead atoms. The SMILES string of the molecule is CCn1c(=O)[nH]c2cc(C(=O)Nc3cc(S(=O)(=O)N4CCOCC4)ccc3OC)ccc2c1=O.